The Balaban J connectivity index is 2.20. The van der Waals surface area contributed by atoms with E-state index in [1.54, 1.807) is 11.8 Å². The summed E-state index contributed by atoms with van der Waals surface area (Å²) in [5.74, 6) is 1.10. The van der Waals surface area contributed by atoms with Crippen molar-refractivity contribution in [2.45, 2.75) is 26.2 Å². The maximum absolute atomic E-state index is 5.41. The van der Waals surface area contributed by atoms with Gasteiger partial charge in [0.1, 0.15) is 0 Å². The second kappa shape index (κ2) is 5.78. The van der Waals surface area contributed by atoms with Gasteiger partial charge in [-0.05, 0) is 19.3 Å². The van der Waals surface area contributed by atoms with Gasteiger partial charge in [0.15, 0.2) is 4.32 Å². The van der Waals surface area contributed by atoms with Crippen LogP contribution >= 0.6 is 24.0 Å². The topological polar surface area (TPSA) is 12.5 Å². The van der Waals surface area contributed by atoms with Crippen LogP contribution in [0.5, 0.6) is 0 Å². The molecule has 0 aromatic carbocycles. The van der Waals surface area contributed by atoms with Crippen molar-refractivity contribution in [3.05, 3.63) is 0 Å². The summed E-state index contributed by atoms with van der Waals surface area (Å²) in [5, 5.41) is 1.86. The molecule has 2 nitrogen and oxygen atoms in total. The van der Waals surface area contributed by atoms with Gasteiger partial charge < -0.3 is 0 Å². The monoisotopic (exact) mass is 205 g/mol. The van der Waals surface area contributed by atoms with E-state index in [1.807, 2.05) is 5.06 Å². The van der Waals surface area contributed by atoms with Crippen molar-refractivity contribution in [2.75, 3.05) is 18.9 Å². The first-order chi connectivity index (χ1) is 5.84. The average Bonchev–Trinajstić information content (AvgIpc) is 2.15. The highest BCUT2D eigenvalue weighted by Gasteiger charge is 2.13. The molecule has 0 spiro atoms. The third-order valence-corrected chi connectivity index (χ3v) is 3.26. The first kappa shape index (κ1) is 10.3. The van der Waals surface area contributed by atoms with E-state index in [0.717, 1.165) is 29.6 Å². The molecule has 0 aromatic rings. The van der Waals surface area contributed by atoms with Crippen LogP contribution in [0.1, 0.15) is 26.2 Å². The molecule has 0 saturated carbocycles. The summed E-state index contributed by atoms with van der Waals surface area (Å²) >= 11 is 6.92. The highest BCUT2D eigenvalue weighted by Crippen LogP contribution is 2.15. The van der Waals surface area contributed by atoms with Crippen LogP contribution in [0.3, 0.4) is 0 Å². The SMILES string of the molecule is CCCSC(=S)N1CCCCO1. The van der Waals surface area contributed by atoms with Crippen molar-refractivity contribution in [1.82, 2.24) is 5.06 Å². The molecule has 1 rings (SSSR count). The summed E-state index contributed by atoms with van der Waals surface area (Å²) in [6, 6.07) is 0. The van der Waals surface area contributed by atoms with Crippen molar-refractivity contribution in [3.63, 3.8) is 0 Å². The third kappa shape index (κ3) is 3.29. The highest BCUT2D eigenvalue weighted by molar-refractivity contribution is 8.22. The summed E-state index contributed by atoms with van der Waals surface area (Å²) in [5.41, 5.74) is 0. The number of rotatable bonds is 2. The van der Waals surface area contributed by atoms with Gasteiger partial charge >= 0.3 is 0 Å². The van der Waals surface area contributed by atoms with E-state index in [9.17, 15) is 0 Å². The molecular weight excluding hydrogens is 190 g/mol. The van der Waals surface area contributed by atoms with Crippen LogP contribution < -0.4 is 0 Å². The lowest BCUT2D eigenvalue weighted by atomic mass is 10.3. The molecule has 1 saturated heterocycles. The molecule has 1 aliphatic rings. The molecule has 0 atom stereocenters. The molecule has 0 N–H and O–H groups in total. The van der Waals surface area contributed by atoms with E-state index in [2.05, 4.69) is 6.92 Å². The zero-order valence-corrected chi connectivity index (χ0v) is 9.05. The Morgan fingerprint density at radius 2 is 2.42 bits per heavy atom. The molecule has 1 aliphatic heterocycles. The fraction of sp³-hybridized carbons (Fsp3) is 0.875. The van der Waals surface area contributed by atoms with Crippen LogP contribution in [-0.2, 0) is 4.84 Å². The zero-order chi connectivity index (χ0) is 8.81. The number of thiocarbonyl (C=S) groups is 1. The van der Waals surface area contributed by atoms with Crippen molar-refractivity contribution in [1.29, 1.82) is 0 Å². The quantitative estimate of drug-likeness (QED) is 0.642. The first-order valence-corrected chi connectivity index (χ1v) is 5.81. The molecular formula is C8H15NOS2. The molecule has 12 heavy (non-hydrogen) atoms. The van der Waals surface area contributed by atoms with E-state index in [1.165, 1.54) is 12.8 Å². The minimum absolute atomic E-state index is 0.826. The molecule has 0 aromatic heterocycles. The summed E-state index contributed by atoms with van der Waals surface area (Å²) in [4.78, 5) is 5.41. The lowest BCUT2D eigenvalue weighted by molar-refractivity contribution is -0.118. The normalized spacial score (nSPS) is 17.9. The maximum Gasteiger partial charge on any atom is 0.160 e. The Morgan fingerprint density at radius 1 is 1.58 bits per heavy atom. The zero-order valence-electron chi connectivity index (χ0n) is 7.41. The van der Waals surface area contributed by atoms with Crippen LogP contribution in [0.2, 0.25) is 0 Å². The molecule has 1 fully saturated rings. The Hall–Kier alpha value is 0.200. The Bertz CT molecular complexity index is 146. The fourth-order valence-corrected chi connectivity index (χ4v) is 2.06. The van der Waals surface area contributed by atoms with E-state index in [-0.39, 0.29) is 0 Å². The van der Waals surface area contributed by atoms with E-state index < -0.39 is 0 Å². The fourth-order valence-electron chi connectivity index (χ4n) is 1.00. The molecule has 1 heterocycles. The average molecular weight is 205 g/mol. The van der Waals surface area contributed by atoms with Gasteiger partial charge in [-0.25, -0.2) is 5.06 Å². The molecule has 4 heteroatoms. The number of hydrogen-bond acceptors (Lipinski definition) is 3. The van der Waals surface area contributed by atoms with Crippen molar-refractivity contribution >= 4 is 28.3 Å². The number of nitrogens with zero attached hydrogens (tertiary/aromatic N) is 1. The molecule has 70 valence electrons. The largest absolute Gasteiger partial charge is 0.272 e. The van der Waals surface area contributed by atoms with Crippen LogP contribution in [0.15, 0.2) is 0 Å². The summed E-state index contributed by atoms with van der Waals surface area (Å²) in [6.45, 7) is 3.95. The molecule has 0 aliphatic carbocycles. The molecule has 0 bridgehead atoms. The van der Waals surface area contributed by atoms with Crippen LogP contribution in [0.4, 0.5) is 0 Å². The van der Waals surface area contributed by atoms with E-state index in [0.29, 0.717) is 0 Å². The van der Waals surface area contributed by atoms with Crippen molar-refractivity contribution in [2.24, 2.45) is 0 Å². The van der Waals surface area contributed by atoms with Gasteiger partial charge in [-0.15, -0.1) is 0 Å². The molecule has 0 unspecified atom stereocenters. The van der Waals surface area contributed by atoms with Crippen LogP contribution in [-0.4, -0.2) is 28.3 Å². The second-order valence-electron chi connectivity index (χ2n) is 2.76. The minimum atomic E-state index is 0.826. The van der Waals surface area contributed by atoms with Crippen LogP contribution in [0, 0.1) is 0 Å². The Morgan fingerprint density at radius 3 is 3.00 bits per heavy atom. The van der Waals surface area contributed by atoms with Gasteiger partial charge in [0.2, 0.25) is 0 Å². The standard InChI is InChI=1S/C8H15NOS2/c1-2-7-12-8(11)9-5-3-4-6-10-9/h2-7H2,1H3. The highest BCUT2D eigenvalue weighted by atomic mass is 32.2. The number of thioether (sulfide) groups is 1. The van der Waals surface area contributed by atoms with Gasteiger partial charge in [0.25, 0.3) is 0 Å². The lowest BCUT2D eigenvalue weighted by Gasteiger charge is -2.27. The van der Waals surface area contributed by atoms with E-state index in [4.69, 9.17) is 17.1 Å². The smallest absolute Gasteiger partial charge is 0.160 e. The lowest BCUT2D eigenvalue weighted by Crippen LogP contribution is -2.33. The van der Waals surface area contributed by atoms with Crippen molar-refractivity contribution < 1.29 is 4.84 Å². The van der Waals surface area contributed by atoms with E-state index >= 15 is 0 Å². The first-order valence-electron chi connectivity index (χ1n) is 4.42. The predicted molar refractivity (Wildman–Crippen MR) is 57.2 cm³/mol. The van der Waals surface area contributed by atoms with Gasteiger partial charge in [-0.2, -0.15) is 0 Å². The van der Waals surface area contributed by atoms with Crippen molar-refractivity contribution in [3.8, 4) is 0 Å². The summed E-state index contributed by atoms with van der Waals surface area (Å²) in [7, 11) is 0. The number of hydroxylamine groups is 2. The summed E-state index contributed by atoms with van der Waals surface area (Å²) in [6.07, 6.45) is 3.53. The Labute approximate surface area is 83.6 Å². The van der Waals surface area contributed by atoms with Gasteiger partial charge in [0, 0.05) is 12.3 Å². The molecule has 0 amide bonds. The number of hydrogen-bond donors (Lipinski definition) is 0. The van der Waals surface area contributed by atoms with Gasteiger partial charge in [-0.1, -0.05) is 30.9 Å². The predicted octanol–water partition coefficient (Wildman–Crippen LogP) is 2.44. The maximum atomic E-state index is 5.41. The van der Waals surface area contributed by atoms with Gasteiger partial charge in [-0.3, -0.25) is 4.84 Å². The van der Waals surface area contributed by atoms with Gasteiger partial charge in [0.05, 0.1) is 6.61 Å². The minimum Gasteiger partial charge on any atom is -0.272 e. The van der Waals surface area contributed by atoms with Crippen LogP contribution in [0.25, 0.3) is 0 Å². The second-order valence-corrected chi connectivity index (χ2v) is 4.49. The Kier molecular flexibility index (Phi) is 4.95. The third-order valence-electron chi connectivity index (χ3n) is 1.64. The molecule has 0 radical (unpaired) electrons. The summed E-state index contributed by atoms with van der Waals surface area (Å²) < 4.78 is 0.900.